The van der Waals surface area contributed by atoms with Crippen LogP contribution in [0.5, 0.6) is 0 Å². The molecule has 2 rings (SSSR count). The van der Waals surface area contributed by atoms with Gasteiger partial charge in [-0.05, 0) is 38.5 Å². The number of nitrogens with zero attached hydrogens (tertiary/aromatic N) is 2. The van der Waals surface area contributed by atoms with Crippen molar-refractivity contribution in [2.75, 3.05) is 0 Å². The number of pyridine rings is 1. The molecule has 0 radical (unpaired) electrons. The van der Waals surface area contributed by atoms with Crippen LogP contribution in [0.4, 0.5) is 0 Å². The van der Waals surface area contributed by atoms with Gasteiger partial charge in [0, 0.05) is 17.5 Å². The summed E-state index contributed by atoms with van der Waals surface area (Å²) in [6, 6.07) is 3.84. The van der Waals surface area contributed by atoms with Gasteiger partial charge in [-0.3, -0.25) is 4.98 Å². The molecule has 0 aromatic carbocycles. The molecule has 3 nitrogen and oxygen atoms in total. The van der Waals surface area contributed by atoms with Crippen molar-refractivity contribution in [3.05, 3.63) is 45.2 Å². The lowest BCUT2D eigenvalue weighted by molar-refractivity contribution is 0.173. The Bertz CT molecular complexity index is 502. The maximum Gasteiger partial charge on any atom is 0.102 e. The molecule has 1 N–H and O–H groups in total. The van der Waals surface area contributed by atoms with Crippen molar-refractivity contribution >= 4 is 11.3 Å². The average molecular weight is 248 g/mol. The van der Waals surface area contributed by atoms with Gasteiger partial charge in [-0.1, -0.05) is 0 Å². The van der Waals surface area contributed by atoms with Crippen LogP contribution in [0.3, 0.4) is 0 Å². The summed E-state index contributed by atoms with van der Waals surface area (Å²) in [6.07, 6.45) is 1.70. The van der Waals surface area contributed by atoms with Gasteiger partial charge in [-0.2, -0.15) is 0 Å². The maximum atomic E-state index is 10.1. The van der Waals surface area contributed by atoms with Gasteiger partial charge in [0.1, 0.15) is 6.10 Å². The Hall–Kier alpha value is -1.26. The Morgan fingerprint density at radius 1 is 1.35 bits per heavy atom. The molecule has 0 aliphatic carbocycles. The maximum absolute atomic E-state index is 10.1. The monoisotopic (exact) mass is 248 g/mol. The largest absolute Gasteiger partial charge is 0.386 e. The molecule has 1 atom stereocenters. The number of aryl methyl sites for hydroxylation is 3. The van der Waals surface area contributed by atoms with Gasteiger partial charge in [0.2, 0.25) is 0 Å². The van der Waals surface area contributed by atoms with E-state index in [0.29, 0.717) is 6.42 Å². The van der Waals surface area contributed by atoms with Crippen molar-refractivity contribution in [1.82, 2.24) is 9.97 Å². The zero-order valence-electron chi connectivity index (χ0n) is 10.3. The average Bonchev–Trinajstić information content (AvgIpc) is 2.58. The predicted octanol–water partition coefficient (Wildman–Crippen LogP) is 2.74. The number of rotatable bonds is 3. The van der Waals surface area contributed by atoms with Crippen molar-refractivity contribution in [3.8, 4) is 0 Å². The summed E-state index contributed by atoms with van der Waals surface area (Å²) in [6.45, 7) is 6.04. The summed E-state index contributed by atoms with van der Waals surface area (Å²) < 4.78 is 0. The molecule has 1 unspecified atom stereocenters. The Morgan fingerprint density at radius 3 is 2.71 bits per heavy atom. The van der Waals surface area contributed by atoms with Gasteiger partial charge in [-0.25, -0.2) is 4.98 Å². The van der Waals surface area contributed by atoms with E-state index in [9.17, 15) is 5.11 Å². The molecule has 0 aliphatic heterocycles. The SMILES string of the molecule is Cc1ccnc(C(O)Cc2nc(C)c(C)s2)c1. The van der Waals surface area contributed by atoms with E-state index in [2.05, 4.69) is 9.97 Å². The van der Waals surface area contributed by atoms with E-state index >= 15 is 0 Å². The molecule has 2 aromatic rings. The van der Waals surface area contributed by atoms with Gasteiger partial charge in [-0.15, -0.1) is 11.3 Å². The lowest BCUT2D eigenvalue weighted by atomic mass is 10.1. The first-order valence-corrected chi connectivity index (χ1v) is 6.41. The quantitative estimate of drug-likeness (QED) is 0.908. The van der Waals surface area contributed by atoms with Crippen LogP contribution < -0.4 is 0 Å². The van der Waals surface area contributed by atoms with Crippen molar-refractivity contribution in [2.45, 2.75) is 33.3 Å². The standard InChI is InChI=1S/C13H16N2OS/c1-8-4-5-14-11(6-8)12(16)7-13-15-9(2)10(3)17-13/h4-6,12,16H,7H2,1-3H3. The fraction of sp³-hybridized carbons (Fsp3) is 0.385. The fourth-order valence-electron chi connectivity index (χ4n) is 1.64. The Balaban J connectivity index is 2.14. The lowest BCUT2D eigenvalue weighted by Gasteiger charge is -2.08. The van der Waals surface area contributed by atoms with Crippen LogP contribution in [0.1, 0.15) is 32.9 Å². The fourth-order valence-corrected chi connectivity index (χ4v) is 2.61. The highest BCUT2D eigenvalue weighted by atomic mass is 32.1. The summed E-state index contributed by atoms with van der Waals surface area (Å²) in [4.78, 5) is 9.83. The molecule has 0 saturated carbocycles. The van der Waals surface area contributed by atoms with Gasteiger partial charge < -0.3 is 5.11 Å². The molecule has 0 aliphatic rings. The minimum absolute atomic E-state index is 0.538. The molecule has 4 heteroatoms. The Kier molecular flexibility index (Phi) is 3.54. The van der Waals surface area contributed by atoms with Crippen LogP contribution in [0.25, 0.3) is 0 Å². The molecule has 2 heterocycles. The Morgan fingerprint density at radius 2 is 2.12 bits per heavy atom. The first kappa shape index (κ1) is 12.2. The van der Waals surface area contributed by atoms with Crippen molar-refractivity contribution in [2.24, 2.45) is 0 Å². The van der Waals surface area contributed by atoms with Gasteiger partial charge >= 0.3 is 0 Å². The van der Waals surface area contributed by atoms with Crippen LogP contribution >= 0.6 is 11.3 Å². The number of aromatic nitrogens is 2. The second-order valence-corrected chi connectivity index (χ2v) is 5.51. The second-order valence-electron chi connectivity index (χ2n) is 4.23. The topological polar surface area (TPSA) is 46.0 Å². The molecule has 0 fully saturated rings. The number of thiazole rings is 1. The van der Waals surface area contributed by atoms with Crippen LogP contribution in [0.2, 0.25) is 0 Å². The van der Waals surface area contributed by atoms with E-state index < -0.39 is 6.10 Å². The normalized spacial score (nSPS) is 12.7. The minimum atomic E-state index is -0.570. The summed E-state index contributed by atoms with van der Waals surface area (Å²) in [5, 5.41) is 11.1. The molecule has 0 spiro atoms. The lowest BCUT2D eigenvalue weighted by Crippen LogP contribution is -2.04. The zero-order chi connectivity index (χ0) is 12.4. The molecule has 0 bridgehead atoms. The van der Waals surface area contributed by atoms with Crippen LogP contribution in [0, 0.1) is 20.8 Å². The predicted molar refractivity (Wildman–Crippen MR) is 69.2 cm³/mol. The number of aliphatic hydroxyl groups is 1. The summed E-state index contributed by atoms with van der Waals surface area (Å²) in [7, 11) is 0. The van der Waals surface area contributed by atoms with Crippen molar-refractivity contribution in [3.63, 3.8) is 0 Å². The van der Waals surface area contributed by atoms with Crippen LogP contribution in [0.15, 0.2) is 18.3 Å². The third-order valence-electron chi connectivity index (χ3n) is 2.72. The van der Waals surface area contributed by atoms with E-state index in [1.807, 2.05) is 32.9 Å². The molecular formula is C13H16N2OS. The summed E-state index contributed by atoms with van der Waals surface area (Å²) in [5.74, 6) is 0. The number of aliphatic hydroxyl groups excluding tert-OH is 1. The third kappa shape index (κ3) is 2.90. The molecule has 0 amide bonds. The van der Waals surface area contributed by atoms with E-state index in [1.165, 1.54) is 4.88 Å². The molecular weight excluding hydrogens is 232 g/mol. The highest BCUT2D eigenvalue weighted by Crippen LogP contribution is 2.22. The molecule has 90 valence electrons. The van der Waals surface area contributed by atoms with Crippen molar-refractivity contribution < 1.29 is 5.11 Å². The van der Waals surface area contributed by atoms with Crippen molar-refractivity contribution in [1.29, 1.82) is 0 Å². The van der Waals surface area contributed by atoms with Gasteiger partial charge in [0.25, 0.3) is 0 Å². The molecule has 2 aromatic heterocycles. The van der Waals surface area contributed by atoms with Crippen LogP contribution in [-0.2, 0) is 6.42 Å². The highest BCUT2D eigenvalue weighted by molar-refractivity contribution is 7.11. The smallest absolute Gasteiger partial charge is 0.102 e. The number of hydrogen-bond acceptors (Lipinski definition) is 4. The zero-order valence-corrected chi connectivity index (χ0v) is 11.1. The first-order chi connectivity index (χ1) is 8.06. The van der Waals surface area contributed by atoms with E-state index in [4.69, 9.17) is 0 Å². The second kappa shape index (κ2) is 4.94. The molecule has 0 saturated heterocycles. The third-order valence-corrected chi connectivity index (χ3v) is 3.81. The number of hydrogen-bond donors (Lipinski definition) is 1. The van der Waals surface area contributed by atoms with Gasteiger partial charge in [0.05, 0.1) is 16.4 Å². The summed E-state index contributed by atoms with van der Waals surface area (Å²) in [5.41, 5.74) is 2.88. The van der Waals surface area contributed by atoms with E-state index in [1.54, 1.807) is 17.5 Å². The first-order valence-electron chi connectivity index (χ1n) is 5.60. The minimum Gasteiger partial charge on any atom is -0.386 e. The summed E-state index contributed by atoms with van der Waals surface area (Å²) >= 11 is 1.64. The van der Waals surface area contributed by atoms with E-state index in [-0.39, 0.29) is 0 Å². The highest BCUT2D eigenvalue weighted by Gasteiger charge is 2.13. The van der Waals surface area contributed by atoms with E-state index in [0.717, 1.165) is 22.0 Å². The Labute approximate surface area is 105 Å². The molecule has 17 heavy (non-hydrogen) atoms. The van der Waals surface area contributed by atoms with Crippen LogP contribution in [-0.4, -0.2) is 15.1 Å². The van der Waals surface area contributed by atoms with Gasteiger partial charge in [0.15, 0.2) is 0 Å².